The molecule has 1 aliphatic carbocycles. The summed E-state index contributed by atoms with van der Waals surface area (Å²) in [5, 5.41) is 3.71. The highest BCUT2D eigenvalue weighted by Gasteiger charge is 2.14. The first-order valence-electron chi connectivity index (χ1n) is 7.99. The van der Waals surface area contributed by atoms with Crippen LogP contribution in [0.2, 0.25) is 0 Å². The topological polar surface area (TPSA) is 54.9 Å². The van der Waals surface area contributed by atoms with Gasteiger partial charge in [0.05, 0.1) is 5.69 Å². The van der Waals surface area contributed by atoms with Crippen LogP contribution in [-0.4, -0.2) is 15.9 Å². The zero-order chi connectivity index (χ0) is 15.2. The molecule has 4 nitrogen and oxygen atoms in total. The Kier molecular flexibility index (Phi) is 5.16. The zero-order valence-electron chi connectivity index (χ0n) is 12.7. The molecule has 2 heterocycles. The van der Waals surface area contributed by atoms with Crippen molar-refractivity contribution in [1.82, 2.24) is 9.97 Å². The van der Waals surface area contributed by atoms with Crippen molar-refractivity contribution < 1.29 is 4.79 Å². The molecule has 2 aromatic rings. The SMILES string of the molecule is O=C(CCc1ccccn1)Nc1nc2c(s1)CCCCCC2. The van der Waals surface area contributed by atoms with Gasteiger partial charge in [-0.3, -0.25) is 9.78 Å². The van der Waals surface area contributed by atoms with Gasteiger partial charge in [0, 0.05) is 23.2 Å². The molecule has 1 amide bonds. The Morgan fingerprint density at radius 3 is 2.86 bits per heavy atom. The summed E-state index contributed by atoms with van der Waals surface area (Å²) >= 11 is 1.65. The standard InChI is InChI=1S/C17H21N3OS/c21-16(11-10-13-7-5-6-12-18-13)20-17-19-14-8-3-1-2-4-9-15(14)22-17/h5-7,12H,1-4,8-11H2,(H,19,20,21). The smallest absolute Gasteiger partial charge is 0.226 e. The van der Waals surface area contributed by atoms with Gasteiger partial charge in [-0.25, -0.2) is 4.98 Å². The fourth-order valence-corrected chi connectivity index (χ4v) is 3.79. The molecule has 1 N–H and O–H groups in total. The third-order valence-corrected chi connectivity index (χ3v) is 5.00. The number of hydrogen-bond donors (Lipinski definition) is 1. The summed E-state index contributed by atoms with van der Waals surface area (Å²) in [4.78, 5) is 22.3. The van der Waals surface area contributed by atoms with E-state index < -0.39 is 0 Å². The largest absolute Gasteiger partial charge is 0.302 e. The van der Waals surface area contributed by atoms with Gasteiger partial charge in [0.25, 0.3) is 0 Å². The van der Waals surface area contributed by atoms with Crippen molar-refractivity contribution in [3.63, 3.8) is 0 Å². The Morgan fingerprint density at radius 2 is 2.05 bits per heavy atom. The van der Waals surface area contributed by atoms with Gasteiger partial charge in [0.15, 0.2) is 5.13 Å². The lowest BCUT2D eigenvalue weighted by atomic mass is 10.0. The molecule has 0 spiro atoms. The monoisotopic (exact) mass is 315 g/mol. The summed E-state index contributed by atoms with van der Waals surface area (Å²) in [5.74, 6) is 0.0207. The van der Waals surface area contributed by atoms with Gasteiger partial charge in [-0.2, -0.15) is 0 Å². The molecule has 0 saturated heterocycles. The Hall–Kier alpha value is -1.75. The van der Waals surface area contributed by atoms with Crippen LogP contribution < -0.4 is 5.32 Å². The van der Waals surface area contributed by atoms with E-state index in [0.717, 1.165) is 23.7 Å². The molecule has 0 aromatic carbocycles. The van der Waals surface area contributed by atoms with Crippen LogP contribution in [0.4, 0.5) is 5.13 Å². The van der Waals surface area contributed by atoms with E-state index >= 15 is 0 Å². The van der Waals surface area contributed by atoms with E-state index in [9.17, 15) is 4.79 Å². The Bertz CT molecular complexity index is 599. The highest BCUT2D eigenvalue weighted by Crippen LogP contribution is 2.28. The molecule has 2 aromatic heterocycles. The van der Waals surface area contributed by atoms with E-state index in [2.05, 4.69) is 15.3 Å². The second-order valence-electron chi connectivity index (χ2n) is 5.67. The first-order chi connectivity index (χ1) is 10.8. The summed E-state index contributed by atoms with van der Waals surface area (Å²) in [7, 11) is 0. The quantitative estimate of drug-likeness (QED) is 0.934. The van der Waals surface area contributed by atoms with E-state index in [1.165, 1.54) is 36.3 Å². The molecule has 0 unspecified atom stereocenters. The van der Waals surface area contributed by atoms with Crippen LogP contribution in [0.25, 0.3) is 0 Å². The number of fused-ring (bicyclic) bond motifs is 1. The van der Waals surface area contributed by atoms with E-state index in [-0.39, 0.29) is 5.91 Å². The highest BCUT2D eigenvalue weighted by molar-refractivity contribution is 7.15. The van der Waals surface area contributed by atoms with Crippen molar-refractivity contribution in [2.24, 2.45) is 0 Å². The fraction of sp³-hybridized carbons (Fsp3) is 0.471. The second-order valence-corrected chi connectivity index (χ2v) is 6.76. The molecular formula is C17H21N3OS. The van der Waals surface area contributed by atoms with Crippen molar-refractivity contribution in [1.29, 1.82) is 0 Å². The molecule has 0 fully saturated rings. The third kappa shape index (κ3) is 4.13. The van der Waals surface area contributed by atoms with Crippen LogP contribution >= 0.6 is 11.3 Å². The third-order valence-electron chi connectivity index (χ3n) is 3.93. The number of amides is 1. The maximum atomic E-state index is 12.1. The summed E-state index contributed by atoms with van der Waals surface area (Å²) in [5.41, 5.74) is 2.15. The van der Waals surface area contributed by atoms with E-state index in [1.807, 2.05) is 18.2 Å². The lowest BCUT2D eigenvalue weighted by Crippen LogP contribution is -2.12. The Labute approximate surface area is 135 Å². The minimum atomic E-state index is 0.0207. The number of hydrogen-bond acceptors (Lipinski definition) is 4. The van der Waals surface area contributed by atoms with Crippen molar-refractivity contribution >= 4 is 22.4 Å². The second kappa shape index (κ2) is 7.49. The van der Waals surface area contributed by atoms with Crippen molar-refractivity contribution in [3.8, 4) is 0 Å². The van der Waals surface area contributed by atoms with Crippen molar-refractivity contribution in [3.05, 3.63) is 40.7 Å². The van der Waals surface area contributed by atoms with Crippen LogP contribution in [0.3, 0.4) is 0 Å². The summed E-state index contributed by atoms with van der Waals surface area (Å²) in [6, 6.07) is 5.78. The first-order valence-corrected chi connectivity index (χ1v) is 8.81. The number of carbonyl (C=O) groups is 1. The number of pyridine rings is 1. The Morgan fingerprint density at radius 1 is 1.18 bits per heavy atom. The number of carbonyl (C=O) groups excluding carboxylic acids is 1. The van der Waals surface area contributed by atoms with Gasteiger partial charge < -0.3 is 5.32 Å². The normalized spacial score (nSPS) is 14.7. The zero-order valence-corrected chi connectivity index (χ0v) is 13.5. The molecule has 116 valence electrons. The van der Waals surface area contributed by atoms with Gasteiger partial charge in [-0.1, -0.05) is 18.9 Å². The number of aryl methyl sites for hydroxylation is 3. The van der Waals surface area contributed by atoms with Crippen LogP contribution in [0.15, 0.2) is 24.4 Å². The van der Waals surface area contributed by atoms with E-state index in [0.29, 0.717) is 12.8 Å². The van der Waals surface area contributed by atoms with Crippen LogP contribution in [-0.2, 0) is 24.1 Å². The average Bonchev–Trinajstić information content (AvgIpc) is 2.87. The minimum Gasteiger partial charge on any atom is -0.302 e. The maximum absolute atomic E-state index is 12.1. The predicted octanol–water partition coefficient (Wildman–Crippen LogP) is 3.77. The molecular weight excluding hydrogens is 294 g/mol. The molecule has 0 bridgehead atoms. The van der Waals surface area contributed by atoms with E-state index in [4.69, 9.17) is 0 Å². The average molecular weight is 315 g/mol. The van der Waals surface area contributed by atoms with Crippen LogP contribution in [0, 0.1) is 0 Å². The number of rotatable bonds is 4. The molecule has 3 rings (SSSR count). The van der Waals surface area contributed by atoms with Gasteiger partial charge >= 0.3 is 0 Å². The number of nitrogens with one attached hydrogen (secondary N) is 1. The molecule has 1 aliphatic rings. The highest BCUT2D eigenvalue weighted by atomic mass is 32.1. The summed E-state index contributed by atoms with van der Waals surface area (Å²) in [6.45, 7) is 0. The van der Waals surface area contributed by atoms with Crippen LogP contribution in [0.1, 0.15) is 48.4 Å². The lowest BCUT2D eigenvalue weighted by molar-refractivity contribution is -0.116. The summed E-state index contributed by atoms with van der Waals surface area (Å²) < 4.78 is 0. The van der Waals surface area contributed by atoms with Crippen molar-refractivity contribution in [2.45, 2.75) is 51.4 Å². The lowest BCUT2D eigenvalue weighted by Gasteiger charge is -2.06. The molecule has 0 aliphatic heterocycles. The number of thiazole rings is 1. The maximum Gasteiger partial charge on any atom is 0.226 e. The van der Waals surface area contributed by atoms with Gasteiger partial charge in [0.2, 0.25) is 5.91 Å². The van der Waals surface area contributed by atoms with Gasteiger partial charge in [0.1, 0.15) is 0 Å². The molecule has 0 saturated carbocycles. The number of anilines is 1. The van der Waals surface area contributed by atoms with Crippen molar-refractivity contribution in [2.75, 3.05) is 5.32 Å². The molecule has 22 heavy (non-hydrogen) atoms. The first kappa shape index (κ1) is 15.2. The Balaban J connectivity index is 1.56. The predicted molar refractivity (Wildman–Crippen MR) is 89.2 cm³/mol. The fourth-order valence-electron chi connectivity index (χ4n) is 2.73. The van der Waals surface area contributed by atoms with E-state index in [1.54, 1.807) is 17.5 Å². The van der Waals surface area contributed by atoms with Crippen LogP contribution in [0.5, 0.6) is 0 Å². The number of nitrogens with zero attached hydrogens (tertiary/aromatic N) is 2. The number of aromatic nitrogens is 2. The van der Waals surface area contributed by atoms with Gasteiger partial charge in [-0.15, -0.1) is 11.3 Å². The minimum absolute atomic E-state index is 0.0207. The molecule has 0 atom stereocenters. The van der Waals surface area contributed by atoms with Gasteiger partial charge in [-0.05, 0) is 44.2 Å². The molecule has 5 heteroatoms. The summed E-state index contributed by atoms with van der Waals surface area (Å²) in [6.07, 6.45) is 10.1. The molecule has 0 radical (unpaired) electrons.